The molecule has 0 aliphatic carbocycles. The highest BCUT2D eigenvalue weighted by atomic mass is 35.5. The third-order valence-corrected chi connectivity index (χ3v) is 4.62. The van der Waals surface area contributed by atoms with Gasteiger partial charge in [-0.25, -0.2) is 4.98 Å². The number of nitrogens with two attached hydrogens (primary N) is 1. The second-order valence-electron chi connectivity index (χ2n) is 5.85. The fourth-order valence-corrected chi connectivity index (χ4v) is 3.33. The van der Waals surface area contributed by atoms with Crippen molar-refractivity contribution in [2.24, 2.45) is 0 Å². The van der Waals surface area contributed by atoms with E-state index in [1.165, 1.54) is 0 Å². The van der Waals surface area contributed by atoms with Gasteiger partial charge in [-0.15, -0.1) is 0 Å². The van der Waals surface area contributed by atoms with Crippen molar-refractivity contribution in [1.82, 2.24) is 9.97 Å². The zero-order valence-corrected chi connectivity index (χ0v) is 14.9. The molecule has 4 rings (SSSR count). The molecule has 0 saturated heterocycles. The molecule has 2 aromatic heterocycles. The average Bonchev–Trinajstić information content (AvgIpc) is 2.68. The van der Waals surface area contributed by atoms with Gasteiger partial charge in [-0.05, 0) is 35.9 Å². The Hall–Kier alpha value is -3.11. The Bertz CT molecular complexity index is 1100. The molecule has 0 amide bonds. The molecule has 0 unspecified atom stereocenters. The lowest BCUT2D eigenvalue weighted by atomic mass is 9.95. The molecule has 26 heavy (non-hydrogen) atoms. The molecular weight excluding hydrogens is 346 g/mol. The number of nitrogen functional groups attached to an aromatic ring is 1. The minimum absolute atomic E-state index is 0.526. The van der Waals surface area contributed by atoms with Crippen LogP contribution in [-0.2, 0) is 0 Å². The van der Waals surface area contributed by atoms with E-state index < -0.39 is 0 Å². The lowest BCUT2D eigenvalue weighted by Gasteiger charge is -2.16. The van der Waals surface area contributed by atoms with Gasteiger partial charge in [0.25, 0.3) is 0 Å². The number of hydrogen-bond acceptors (Lipinski definition) is 4. The van der Waals surface area contributed by atoms with E-state index in [0.29, 0.717) is 16.5 Å². The number of anilines is 1. The number of halogens is 1. The molecule has 0 saturated carbocycles. The van der Waals surface area contributed by atoms with Crippen molar-refractivity contribution in [2.75, 3.05) is 12.8 Å². The van der Waals surface area contributed by atoms with Gasteiger partial charge in [-0.1, -0.05) is 35.9 Å². The van der Waals surface area contributed by atoms with Crippen LogP contribution in [0.25, 0.3) is 33.3 Å². The van der Waals surface area contributed by atoms with Crippen LogP contribution in [0.4, 0.5) is 5.69 Å². The number of fused-ring (bicyclic) bond motifs is 1. The second-order valence-corrected chi connectivity index (χ2v) is 6.26. The van der Waals surface area contributed by atoms with Crippen molar-refractivity contribution in [2.45, 2.75) is 0 Å². The van der Waals surface area contributed by atoms with Crippen LogP contribution in [0.15, 0.2) is 67.0 Å². The quantitative estimate of drug-likeness (QED) is 0.544. The Morgan fingerprint density at radius 3 is 2.46 bits per heavy atom. The zero-order valence-electron chi connectivity index (χ0n) is 14.1. The van der Waals surface area contributed by atoms with Crippen LogP contribution in [0.5, 0.6) is 5.75 Å². The average molecular weight is 362 g/mol. The third-order valence-electron chi connectivity index (χ3n) is 4.33. The Labute approximate surface area is 156 Å². The topological polar surface area (TPSA) is 61.0 Å². The largest absolute Gasteiger partial charge is 0.495 e. The minimum Gasteiger partial charge on any atom is -0.495 e. The summed E-state index contributed by atoms with van der Waals surface area (Å²) in [5.41, 5.74) is 11.6. The highest BCUT2D eigenvalue weighted by Gasteiger charge is 2.17. The predicted octanol–water partition coefficient (Wildman–Crippen LogP) is 5.21. The number of nitrogens with zero attached hydrogens (tertiary/aromatic N) is 2. The maximum atomic E-state index is 6.58. The summed E-state index contributed by atoms with van der Waals surface area (Å²) < 4.78 is 5.26. The number of aromatic nitrogens is 2. The minimum atomic E-state index is 0.526. The summed E-state index contributed by atoms with van der Waals surface area (Å²) in [7, 11) is 1.59. The number of pyridine rings is 2. The van der Waals surface area contributed by atoms with E-state index in [1.54, 1.807) is 19.5 Å². The first kappa shape index (κ1) is 16.4. The molecule has 128 valence electrons. The van der Waals surface area contributed by atoms with Gasteiger partial charge >= 0.3 is 0 Å². The lowest BCUT2D eigenvalue weighted by Crippen LogP contribution is -1.99. The molecule has 5 heteroatoms. The molecule has 4 aromatic rings. The van der Waals surface area contributed by atoms with Gasteiger partial charge in [0.05, 0.1) is 29.0 Å². The number of para-hydroxylation sites is 1. The first-order valence-corrected chi connectivity index (χ1v) is 8.49. The van der Waals surface area contributed by atoms with Gasteiger partial charge in [0, 0.05) is 28.9 Å². The second kappa shape index (κ2) is 6.65. The summed E-state index contributed by atoms with van der Waals surface area (Å²) in [6.45, 7) is 0. The Balaban J connectivity index is 2.06. The van der Waals surface area contributed by atoms with Crippen LogP contribution in [0.1, 0.15) is 0 Å². The van der Waals surface area contributed by atoms with E-state index in [9.17, 15) is 0 Å². The van der Waals surface area contributed by atoms with Crippen molar-refractivity contribution in [3.05, 3.63) is 72.0 Å². The normalized spacial score (nSPS) is 10.8. The number of rotatable bonds is 3. The van der Waals surface area contributed by atoms with Crippen molar-refractivity contribution < 1.29 is 4.74 Å². The Morgan fingerprint density at radius 1 is 0.962 bits per heavy atom. The number of methoxy groups -OCH3 is 1. The van der Waals surface area contributed by atoms with E-state index >= 15 is 0 Å². The molecule has 0 bridgehead atoms. The number of benzene rings is 2. The van der Waals surface area contributed by atoms with Crippen LogP contribution in [0, 0.1) is 0 Å². The fraction of sp³-hybridized carbons (Fsp3) is 0.0476. The van der Waals surface area contributed by atoms with Crippen LogP contribution >= 0.6 is 11.6 Å². The SMILES string of the molecule is COc1ccc(-c2c(-c3ccncc3)nc3ccccc3c2N)cc1Cl. The van der Waals surface area contributed by atoms with Crippen LogP contribution in [0.2, 0.25) is 5.02 Å². The molecule has 2 N–H and O–H groups in total. The standard InChI is InChI=1S/C21H16ClN3O/c1-26-18-7-6-14(12-16(18)22)19-20(23)15-4-2-3-5-17(15)25-21(19)13-8-10-24-11-9-13/h2-12H,1H3,(H2,23,25). The molecule has 2 aromatic carbocycles. The summed E-state index contributed by atoms with van der Waals surface area (Å²) in [6, 6.07) is 17.3. The van der Waals surface area contributed by atoms with Gasteiger partial charge in [-0.2, -0.15) is 0 Å². The fourth-order valence-electron chi connectivity index (χ4n) is 3.07. The Morgan fingerprint density at radius 2 is 1.73 bits per heavy atom. The molecule has 2 heterocycles. The summed E-state index contributed by atoms with van der Waals surface area (Å²) in [4.78, 5) is 8.97. The first-order valence-electron chi connectivity index (χ1n) is 8.11. The van der Waals surface area contributed by atoms with E-state index in [-0.39, 0.29) is 0 Å². The van der Waals surface area contributed by atoms with Gasteiger partial charge in [0.1, 0.15) is 5.75 Å². The van der Waals surface area contributed by atoms with Crippen molar-refractivity contribution in [3.8, 4) is 28.1 Å². The monoisotopic (exact) mass is 361 g/mol. The van der Waals surface area contributed by atoms with E-state index in [2.05, 4.69) is 4.98 Å². The molecule has 0 aliphatic rings. The van der Waals surface area contributed by atoms with E-state index in [1.807, 2.05) is 54.6 Å². The van der Waals surface area contributed by atoms with Crippen LogP contribution < -0.4 is 10.5 Å². The van der Waals surface area contributed by atoms with Crippen LogP contribution in [-0.4, -0.2) is 17.1 Å². The maximum Gasteiger partial charge on any atom is 0.137 e. The molecule has 0 spiro atoms. The summed E-state index contributed by atoms with van der Waals surface area (Å²) >= 11 is 6.35. The summed E-state index contributed by atoms with van der Waals surface area (Å²) in [5, 5.41) is 1.44. The Kier molecular flexibility index (Phi) is 4.19. The van der Waals surface area contributed by atoms with Gasteiger partial charge in [0.2, 0.25) is 0 Å². The molecule has 0 fully saturated rings. The van der Waals surface area contributed by atoms with E-state index in [0.717, 1.165) is 33.3 Å². The van der Waals surface area contributed by atoms with Crippen molar-refractivity contribution in [1.29, 1.82) is 0 Å². The molecule has 0 aliphatic heterocycles. The highest BCUT2D eigenvalue weighted by Crippen LogP contribution is 2.41. The zero-order chi connectivity index (χ0) is 18.1. The first-order chi connectivity index (χ1) is 12.7. The molecule has 0 atom stereocenters. The van der Waals surface area contributed by atoms with Crippen LogP contribution in [0.3, 0.4) is 0 Å². The number of hydrogen-bond donors (Lipinski definition) is 1. The molecular formula is C21H16ClN3O. The predicted molar refractivity (Wildman–Crippen MR) is 106 cm³/mol. The van der Waals surface area contributed by atoms with Crippen molar-refractivity contribution in [3.63, 3.8) is 0 Å². The number of ether oxygens (including phenoxy) is 1. The van der Waals surface area contributed by atoms with Gasteiger partial charge in [0.15, 0.2) is 0 Å². The lowest BCUT2D eigenvalue weighted by molar-refractivity contribution is 0.415. The highest BCUT2D eigenvalue weighted by molar-refractivity contribution is 6.32. The van der Waals surface area contributed by atoms with Gasteiger partial charge < -0.3 is 10.5 Å². The molecule has 4 nitrogen and oxygen atoms in total. The van der Waals surface area contributed by atoms with E-state index in [4.69, 9.17) is 27.1 Å². The van der Waals surface area contributed by atoms with Gasteiger partial charge in [-0.3, -0.25) is 4.98 Å². The summed E-state index contributed by atoms with van der Waals surface area (Å²) in [6.07, 6.45) is 3.49. The molecule has 0 radical (unpaired) electrons. The smallest absolute Gasteiger partial charge is 0.137 e. The summed E-state index contributed by atoms with van der Waals surface area (Å²) in [5.74, 6) is 0.619. The third kappa shape index (κ3) is 2.74. The maximum absolute atomic E-state index is 6.58. The van der Waals surface area contributed by atoms with Crippen molar-refractivity contribution >= 4 is 28.2 Å².